The van der Waals surface area contributed by atoms with Crippen molar-refractivity contribution in [2.75, 3.05) is 19.8 Å². The van der Waals surface area contributed by atoms with Gasteiger partial charge in [0.2, 0.25) is 0 Å². The second kappa shape index (κ2) is 4.52. The number of hydrogen-bond donors (Lipinski definition) is 0. The van der Waals surface area contributed by atoms with E-state index in [1.165, 1.54) is 24.2 Å². The number of carbonyl (C=O) groups is 1. The summed E-state index contributed by atoms with van der Waals surface area (Å²) in [6.07, 6.45) is 2.41. The van der Waals surface area contributed by atoms with Crippen LogP contribution in [0.2, 0.25) is 0 Å². The smallest absolute Gasteiger partial charge is 0.359 e. The Morgan fingerprint density at radius 1 is 1.57 bits per heavy atom. The number of ether oxygens (including phenoxy) is 1. The first-order chi connectivity index (χ1) is 6.86. The molecule has 2 heterocycles. The third-order valence-electron chi connectivity index (χ3n) is 2.22. The van der Waals surface area contributed by atoms with Gasteiger partial charge in [0.1, 0.15) is 6.73 Å². The molecule has 0 radical (unpaired) electrons. The van der Waals surface area contributed by atoms with Crippen molar-refractivity contribution in [1.82, 2.24) is 9.88 Å². The molecule has 14 heavy (non-hydrogen) atoms. The maximum atomic E-state index is 11.4. The van der Waals surface area contributed by atoms with Crippen LogP contribution in [0.15, 0.2) is 10.9 Å². The lowest BCUT2D eigenvalue weighted by molar-refractivity contribution is 0.0264. The van der Waals surface area contributed by atoms with Gasteiger partial charge in [-0.15, -0.1) is 11.3 Å². The Kier molecular flexibility index (Phi) is 3.10. The fourth-order valence-corrected chi connectivity index (χ4v) is 1.97. The Balaban J connectivity index is 1.78. The van der Waals surface area contributed by atoms with E-state index in [0.29, 0.717) is 12.4 Å². The molecule has 0 aliphatic carbocycles. The number of likely N-dealkylation sites (tertiary alicyclic amines) is 1. The molecule has 1 fully saturated rings. The van der Waals surface area contributed by atoms with Crippen LogP contribution in [-0.4, -0.2) is 35.7 Å². The van der Waals surface area contributed by atoms with Gasteiger partial charge in [0, 0.05) is 18.5 Å². The van der Waals surface area contributed by atoms with E-state index in [0.717, 1.165) is 13.1 Å². The maximum absolute atomic E-state index is 11.4. The van der Waals surface area contributed by atoms with Crippen LogP contribution in [0.4, 0.5) is 0 Å². The number of aromatic nitrogens is 1. The van der Waals surface area contributed by atoms with Crippen molar-refractivity contribution >= 4 is 17.3 Å². The Morgan fingerprint density at radius 2 is 2.36 bits per heavy atom. The Morgan fingerprint density at radius 3 is 3.00 bits per heavy atom. The predicted octanol–water partition coefficient (Wildman–Crippen LogP) is 1.35. The van der Waals surface area contributed by atoms with E-state index in [1.54, 1.807) is 10.9 Å². The monoisotopic (exact) mass is 212 g/mol. The van der Waals surface area contributed by atoms with Gasteiger partial charge in [-0.2, -0.15) is 0 Å². The number of carbonyl (C=O) groups excluding carboxylic acids is 1. The lowest BCUT2D eigenvalue weighted by atomic mass is 10.4. The first-order valence-corrected chi connectivity index (χ1v) is 5.58. The van der Waals surface area contributed by atoms with Crippen LogP contribution in [0.1, 0.15) is 23.3 Å². The Hall–Kier alpha value is -0.940. The molecule has 1 aliphatic heterocycles. The summed E-state index contributed by atoms with van der Waals surface area (Å²) in [5.41, 5.74) is 2.04. The lowest BCUT2D eigenvalue weighted by Crippen LogP contribution is -2.24. The van der Waals surface area contributed by atoms with Crippen LogP contribution >= 0.6 is 11.3 Å². The highest BCUT2D eigenvalue weighted by Crippen LogP contribution is 2.08. The van der Waals surface area contributed by atoms with Crippen molar-refractivity contribution in [2.24, 2.45) is 0 Å². The molecular weight excluding hydrogens is 200 g/mol. The van der Waals surface area contributed by atoms with E-state index in [2.05, 4.69) is 9.88 Å². The van der Waals surface area contributed by atoms with Gasteiger partial charge in [0.05, 0.1) is 5.51 Å². The molecule has 4 nitrogen and oxygen atoms in total. The topological polar surface area (TPSA) is 42.4 Å². The van der Waals surface area contributed by atoms with Crippen LogP contribution in [0.5, 0.6) is 0 Å². The van der Waals surface area contributed by atoms with E-state index < -0.39 is 0 Å². The van der Waals surface area contributed by atoms with Gasteiger partial charge < -0.3 is 4.74 Å². The van der Waals surface area contributed by atoms with E-state index in [4.69, 9.17) is 4.74 Å². The zero-order valence-corrected chi connectivity index (χ0v) is 8.63. The van der Waals surface area contributed by atoms with Gasteiger partial charge in [0.15, 0.2) is 5.69 Å². The van der Waals surface area contributed by atoms with E-state index in [9.17, 15) is 4.79 Å². The van der Waals surface area contributed by atoms with Crippen LogP contribution in [-0.2, 0) is 4.74 Å². The third-order valence-corrected chi connectivity index (χ3v) is 2.80. The van der Waals surface area contributed by atoms with Gasteiger partial charge >= 0.3 is 5.97 Å². The summed E-state index contributed by atoms with van der Waals surface area (Å²) in [7, 11) is 0. The summed E-state index contributed by atoms with van der Waals surface area (Å²) >= 11 is 1.40. The van der Waals surface area contributed by atoms with Gasteiger partial charge in [-0.05, 0) is 12.8 Å². The van der Waals surface area contributed by atoms with Crippen LogP contribution in [0, 0.1) is 0 Å². The Labute approximate surface area is 86.5 Å². The standard InChI is InChI=1S/C9H12N2O2S/c12-9(8-5-14-6-10-8)13-7-11-3-1-2-4-11/h5-6H,1-4,7H2. The highest BCUT2D eigenvalue weighted by atomic mass is 32.1. The van der Waals surface area contributed by atoms with Crippen molar-refractivity contribution in [3.8, 4) is 0 Å². The quantitative estimate of drug-likeness (QED) is 0.709. The second-order valence-corrected chi connectivity index (χ2v) is 3.98. The van der Waals surface area contributed by atoms with Crippen LogP contribution < -0.4 is 0 Å². The molecule has 0 saturated carbocycles. The van der Waals surface area contributed by atoms with E-state index in [1.807, 2.05) is 0 Å². The van der Waals surface area contributed by atoms with Crippen LogP contribution in [0.3, 0.4) is 0 Å². The molecule has 0 N–H and O–H groups in total. The minimum atomic E-state index is -0.321. The summed E-state index contributed by atoms with van der Waals surface area (Å²) in [5.74, 6) is -0.321. The highest BCUT2D eigenvalue weighted by Gasteiger charge is 2.14. The average Bonchev–Trinajstić information content (AvgIpc) is 2.87. The minimum Gasteiger partial charge on any atom is -0.445 e. The zero-order valence-electron chi connectivity index (χ0n) is 7.81. The molecule has 5 heteroatoms. The SMILES string of the molecule is O=C(OCN1CCCC1)c1cscn1. The van der Waals surface area contributed by atoms with Gasteiger partial charge in [-0.1, -0.05) is 0 Å². The lowest BCUT2D eigenvalue weighted by Gasteiger charge is -2.13. The number of nitrogens with zero attached hydrogens (tertiary/aromatic N) is 2. The fraction of sp³-hybridized carbons (Fsp3) is 0.556. The van der Waals surface area contributed by atoms with Crippen molar-refractivity contribution in [1.29, 1.82) is 0 Å². The first kappa shape index (κ1) is 9.61. The minimum absolute atomic E-state index is 0.321. The molecular formula is C9H12N2O2S. The molecule has 76 valence electrons. The maximum Gasteiger partial charge on any atom is 0.359 e. The molecule has 1 aromatic rings. The first-order valence-electron chi connectivity index (χ1n) is 4.64. The zero-order chi connectivity index (χ0) is 9.80. The average molecular weight is 212 g/mol. The van der Waals surface area contributed by atoms with Crippen molar-refractivity contribution in [3.05, 3.63) is 16.6 Å². The normalized spacial score (nSPS) is 17.1. The summed E-state index contributed by atoms with van der Waals surface area (Å²) < 4.78 is 5.10. The third kappa shape index (κ3) is 2.30. The molecule has 0 amide bonds. The molecule has 0 unspecified atom stereocenters. The van der Waals surface area contributed by atoms with Gasteiger partial charge in [-0.25, -0.2) is 9.78 Å². The summed E-state index contributed by atoms with van der Waals surface area (Å²) in [6, 6.07) is 0. The predicted molar refractivity (Wildman–Crippen MR) is 53.2 cm³/mol. The van der Waals surface area contributed by atoms with E-state index >= 15 is 0 Å². The van der Waals surface area contributed by atoms with Gasteiger partial charge in [0.25, 0.3) is 0 Å². The van der Waals surface area contributed by atoms with Gasteiger partial charge in [-0.3, -0.25) is 4.90 Å². The highest BCUT2D eigenvalue weighted by molar-refractivity contribution is 7.07. The molecule has 2 rings (SSSR count). The van der Waals surface area contributed by atoms with Crippen molar-refractivity contribution in [3.63, 3.8) is 0 Å². The van der Waals surface area contributed by atoms with Crippen molar-refractivity contribution in [2.45, 2.75) is 12.8 Å². The fourth-order valence-electron chi connectivity index (χ4n) is 1.45. The number of thiazole rings is 1. The molecule has 0 spiro atoms. The number of esters is 1. The number of rotatable bonds is 3. The Bertz CT molecular complexity index is 294. The molecule has 1 aromatic heterocycles. The second-order valence-electron chi connectivity index (χ2n) is 3.26. The van der Waals surface area contributed by atoms with Crippen LogP contribution in [0.25, 0.3) is 0 Å². The summed E-state index contributed by atoms with van der Waals surface area (Å²) in [6.45, 7) is 2.46. The molecule has 0 atom stereocenters. The largest absolute Gasteiger partial charge is 0.445 e. The van der Waals surface area contributed by atoms with Crippen molar-refractivity contribution < 1.29 is 9.53 Å². The molecule has 0 aromatic carbocycles. The summed E-state index contributed by atoms with van der Waals surface area (Å²) in [4.78, 5) is 17.4. The van der Waals surface area contributed by atoms with E-state index in [-0.39, 0.29) is 5.97 Å². The molecule has 1 aliphatic rings. The molecule has 0 bridgehead atoms. The molecule has 1 saturated heterocycles. The summed E-state index contributed by atoms with van der Waals surface area (Å²) in [5, 5.41) is 1.70. The number of hydrogen-bond acceptors (Lipinski definition) is 5.